The van der Waals surface area contributed by atoms with Crippen molar-refractivity contribution >= 4 is 23.5 Å². The van der Waals surface area contributed by atoms with E-state index >= 15 is 0 Å². The Bertz CT molecular complexity index is 662. The number of rotatable bonds is 6. The van der Waals surface area contributed by atoms with Crippen LogP contribution in [0.4, 0.5) is 0 Å². The fraction of sp³-hybridized carbons (Fsp3) is 0.611. The van der Waals surface area contributed by atoms with Crippen LogP contribution >= 0.6 is 11.6 Å². The van der Waals surface area contributed by atoms with Crippen molar-refractivity contribution in [3.63, 3.8) is 0 Å². The van der Waals surface area contributed by atoms with Crippen LogP contribution in [0.2, 0.25) is 5.02 Å². The Balaban J connectivity index is 2.14. The Hall–Kier alpha value is -1.82. The second-order valence-electron chi connectivity index (χ2n) is 7.31. The highest BCUT2D eigenvalue weighted by Gasteiger charge is 2.48. The largest absolute Gasteiger partial charge is 0.481 e. The molecule has 0 spiro atoms. The lowest BCUT2D eigenvalue weighted by molar-refractivity contribution is -0.150. The van der Waals surface area contributed by atoms with Crippen LogP contribution in [0.1, 0.15) is 44.5 Å². The predicted octanol–water partition coefficient (Wildman–Crippen LogP) is 3.34. The van der Waals surface area contributed by atoms with E-state index in [0.29, 0.717) is 36.9 Å². The number of carboxylic acid groups (broad SMARTS) is 1. The summed E-state index contributed by atoms with van der Waals surface area (Å²) in [5, 5.41) is 9.88. The van der Waals surface area contributed by atoms with E-state index in [0.717, 1.165) is 0 Å². The lowest BCUT2D eigenvalue weighted by Crippen LogP contribution is -2.40. The van der Waals surface area contributed by atoms with E-state index in [4.69, 9.17) is 16.3 Å². The number of aliphatic carboxylic acids is 1. The van der Waals surface area contributed by atoms with Crippen LogP contribution in [-0.2, 0) is 4.79 Å². The lowest BCUT2D eigenvalue weighted by Gasteiger charge is -2.28. The van der Waals surface area contributed by atoms with Gasteiger partial charge >= 0.3 is 5.97 Å². The fourth-order valence-electron chi connectivity index (χ4n) is 2.98. The van der Waals surface area contributed by atoms with Crippen molar-refractivity contribution < 1.29 is 19.4 Å². The van der Waals surface area contributed by atoms with E-state index in [-0.39, 0.29) is 23.4 Å². The van der Waals surface area contributed by atoms with Crippen molar-refractivity contribution in [1.29, 1.82) is 0 Å². The minimum atomic E-state index is -0.896. The van der Waals surface area contributed by atoms with Crippen molar-refractivity contribution in [2.45, 2.75) is 34.1 Å². The molecule has 2 heterocycles. The van der Waals surface area contributed by atoms with E-state index in [2.05, 4.69) is 4.98 Å². The molecule has 1 aromatic rings. The molecule has 1 aliphatic rings. The minimum Gasteiger partial charge on any atom is -0.481 e. The van der Waals surface area contributed by atoms with Crippen LogP contribution in [0.3, 0.4) is 0 Å². The molecule has 0 radical (unpaired) electrons. The Labute approximate surface area is 153 Å². The van der Waals surface area contributed by atoms with Gasteiger partial charge in [-0.2, -0.15) is 0 Å². The Morgan fingerprint density at radius 2 is 2.08 bits per heavy atom. The Morgan fingerprint density at radius 3 is 2.56 bits per heavy atom. The molecule has 6 nitrogen and oxygen atoms in total. The first-order valence-electron chi connectivity index (χ1n) is 8.48. The van der Waals surface area contributed by atoms with Crippen LogP contribution in [0.5, 0.6) is 5.88 Å². The van der Waals surface area contributed by atoms with E-state index in [1.807, 2.05) is 27.7 Å². The van der Waals surface area contributed by atoms with Gasteiger partial charge in [0.05, 0.1) is 17.6 Å². The van der Waals surface area contributed by atoms with Crippen molar-refractivity contribution in [2.75, 3.05) is 19.7 Å². The molecule has 1 aromatic heterocycles. The summed E-state index contributed by atoms with van der Waals surface area (Å²) in [5.74, 6) is -0.532. The zero-order valence-electron chi connectivity index (χ0n) is 15.1. The molecule has 25 heavy (non-hydrogen) atoms. The summed E-state index contributed by atoms with van der Waals surface area (Å²) >= 11 is 6.17. The summed E-state index contributed by atoms with van der Waals surface area (Å²) in [5.41, 5.74) is -0.556. The summed E-state index contributed by atoms with van der Waals surface area (Å²) in [6.07, 6.45) is 1.88. The van der Waals surface area contributed by atoms with Gasteiger partial charge in [0.15, 0.2) is 0 Å². The third kappa shape index (κ3) is 4.06. The van der Waals surface area contributed by atoms with E-state index in [9.17, 15) is 14.7 Å². The molecule has 1 saturated heterocycles. The minimum absolute atomic E-state index is 0.0590. The molecule has 1 N–H and O–H groups in total. The van der Waals surface area contributed by atoms with Gasteiger partial charge in [0.25, 0.3) is 5.91 Å². The van der Waals surface area contributed by atoms with Gasteiger partial charge in [-0.05, 0) is 24.3 Å². The van der Waals surface area contributed by atoms with Crippen molar-refractivity contribution in [1.82, 2.24) is 9.88 Å². The average Bonchev–Trinajstić information content (AvgIpc) is 2.99. The molecule has 1 aliphatic heterocycles. The number of halogens is 1. The van der Waals surface area contributed by atoms with Gasteiger partial charge < -0.3 is 14.7 Å². The lowest BCUT2D eigenvalue weighted by atomic mass is 9.76. The number of carbonyl (C=O) groups is 2. The second kappa shape index (κ2) is 7.60. The molecule has 2 rings (SSSR count). The van der Waals surface area contributed by atoms with Crippen molar-refractivity contribution in [2.24, 2.45) is 17.3 Å². The molecule has 7 heteroatoms. The summed E-state index contributed by atoms with van der Waals surface area (Å²) in [6, 6.07) is 1.53. The number of pyridine rings is 1. The van der Waals surface area contributed by atoms with E-state index in [1.54, 1.807) is 4.90 Å². The smallest absolute Gasteiger partial charge is 0.311 e. The molecule has 1 fully saturated rings. The van der Waals surface area contributed by atoms with Gasteiger partial charge in [0.2, 0.25) is 5.88 Å². The fourth-order valence-corrected chi connectivity index (χ4v) is 3.20. The average molecular weight is 369 g/mol. The van der Waals surface area contributed by atoms with Gasteiger partial charge in [0.1, 0.15) is 5.02 Å². The molecular weight excluding hydrogens is 344 g/mol. The molecule has 0 aliphatic carbocycles. The highest BCUT2D eigenvalue weighted by molar-refractivity contribution is 6.32. The topological polar surface area (TPSA) is 79.7 Å². The molecule has 1 amide bonds. The molecule has 0 bridgehead atoms. The maximum atomic E-state index is 12.7. The third-order valence-corrected chi connectivity index (χ3v) is 5.00. The summed E-state index contributed by atoms with van der Waals surface area (Å²) in [7, 11) is 0. The number of carboxylic acids is 1. The number of hydrogen-bond donors (Lipinski definition) is 1. The summed E-state index contributed by atoms with van der Waals surface area (Å²) in [4.78, 5) is 30.1. The third-order valence-electron chi connectivity index (χ3n) is 4.73. The zero-order valence-corrected chi connectivity index (χ0v) is 15.8. The maximum absolute atomic E-state index is 12.7. The first kappa shape index (κ1) is 19.5. The number of ether oxygens (including phenoxy) is 1. The van der Waals surface area contributed by atoms with Gasteiger partial charge in [-0.25, -0.2) is 4.98 Å². The number of carbonyl (C=O) groups excluding carboxylic acids is 1. The van der Waals surface area contributed by atoms with Gasteiger partial charge in [-0.3, -0.25) is 9.59 Å². The van der Waals surface area contributed by atoms with Gasteiger partial charge in [0, 0.05) is 19.3 Å². The van der Waals surface area contributed by atoms with Crippen LogP contribution in [0, 0.1) is 17.3 Å². The second-order valence-corrected chi connectivity index (χ2v) is 7.72. The summed E-state index contributed by atoms with van der Waals surface area (Å²) < 4.78 is 5.51. The predicted molar refractivity (Wildman–Crippen MR) is 95.0 cm³/mol. The number of aromatic nitrogens is 1. The molecule has 1 atom stereocenters. The highest BCUT2D eigenvalue weighted by atomic mass is 35.5. The van der Waals surface area contributed by atoms with Crippen LogP contribution < -0.4 is 4.74 Å². The monoisotopic (exact) mass is 368 g/mol. The van der Waals surface area contributed by atoms with Crippen LogP contribution in [-0.4, -0.2) is 46.6 Å². The van der Waals surface area contributed by atoms with Crippen molar-refractivity contribution in [3.8, 4) is 5.88 Å². The Morgan fingerprint density at radius 1 is 1.40 bits per heavy atom. The number of nitrogens with zero attached hydrogens (tertiary/aromatic N) is 2. The first-order chi connectivity index (χ1) is 11.7. The van der Waals surface area contributed by atoms with E-state index < -0.39 is 11.4 Å². The zero-order chi connectivity index (χ0) is 18.8. The number of amides is 1. The van der Waals surface area contributed by atoms with Gasteiger partial charge in [-0.1, -0.05) is 39.3 Å². The highest BCUT2D eigenvalue weighted by Crippen LogP contribution is 2.38. The maximum Gasteiger partial charge on any atom is 0.311 e. The van der Waals surface area contributed by atoms with Gasteiger partial charge in [-0.15, -0.1) is 0 Å². The summed E-state index contributed by atoms with van der Waals surface area (Å²) in [6.45, 7) is 8.88. The van der Waals surface area contributed by atoms with Crippen molar-refractivity contribution in [3.05, 3.63) is 22.8 Å². The Kier molecular flexibility index (Phi) is 5.93. The molecule has 0 saturated carbocycles. The number of hydrogen-bond acceptors (Lipinski definition) is 4. The molecule has 138 valence electrons. The first-order valence-corrected chi connectivity index (χ1v) is 8.86. The SMILES string of the molecule is CC(C)COc1ncc(C(=O)N2CCC(C(=O)O)(C(C)C)C2)cc1Cl. The molecule has 1 unspecified atom stereocenters. The van der Waals surface area contributed by atoms with E-state index in [1.165, 1.54) is 12.3 Å². The standard InChI is InChI=1S/C18H25ClN2O4/c1-11(2)9-25-15-14(19)7-13(8-20-15)16(22)21-6-5-18(10-21,12(3)4)17(23)24/h7-8,11-12H,5-6,9-10H2,1-4H3,(H,23,24). The van der Waals surface area contributed by atoms with Crippen LogP contribution in [0.15, 0.2) is 12.3 Å². The van der Waals surface area contributed by atoms with Crippen LogP contribution in [0.25, 0.3) is 0 Å². The quantitative estimate of drug-likeness (QED) is 0.832. The molecule has 0 aromatic carbocycles. The molecular formula is C18H25ClN2O4. The number of likely N-dealkylation sites (tertiary alicyclic amines) is 1. The normalized spacial score (nSPS) is 20.4.